The molecule has 0 bridgehead atoms. The number of carbonyl (C=O) groups excluding carboxylic acids is 1. The van der Waals surface area contributed by atoms with E-state index in [0.29, 0.717) is 17.4 Å². The number of hydrogen-bond donors (Lipinski definition) is 0. The molecule has 0 aliphatic carbocycles. The Morgan fingerprint density at radius 2 is 1.80 bits per heavy atom. The van der Waals surface area contributed by atoms with Gasteiger partial charge in [-0.25, -0.2) is 4.98 Å². The van der Waals surface area contributed by atoms with Crippen molar-refractivity contribution in [1.82, 2.24) is 14.5 Å². The number of piperidine rings is 1. The number of fused-ring (bicyclic) bond motifs is 1. The second kappa shape index (κ2) is 8.78. The van der Waals surface area contributed by atoms with Crippen LogP contribution in [0.4, 0.5) is 0 Å². The lowest BCUT2D eigenvalue weighted by atomic mass is 9.96. The zero-order valence-corrected chi connectivity index (χ0v) is 17.9. The van der Waals surface area contributed by atoms with Crippen LogP contribution in [0.5, 0.6) is 11.5 Å². The summed E-state index contributed by atoms with van der Waals surface area (Å²) in [7, 11) is 1.60. The van der Waals surface area contributed by atoms with Crippen molar-refractivity contribution in [3.8, 4) is 11.5 Å². The van der Waals surface area contributed by atoms with Gasteiger partial charge in [-0.1, -0.05) is 12.1 Å². The van der Waals surface area contributed by atoms with Crippen molar-refractivity contribution < 1.29 is 14.3 Å². The van der Waals surface area contributed by atoms with Gasteiger partial charge in [-0.2, -0.15) is 0 Å². The highest BCUT2D eigenvalue weighted by Gasteiger charge is 2.24. The van der Waals surface area contributed by atoms with Crippen molar-refractivity contribution in [2.75, 3.05) is 26.8 Å². The van der Waals surface area contributed by atoms with E-state index in [2.05, 4.69) is 35.5 Å². The fourth-order valence-electron chi connectivity index (χ4n) is 4.07. The van der Waals surface area contributed by atoms with Crippen LogP contribution < -0.4 is 9.47 Å². The predicted molar refractivity (Wildman–Crippen MR) is 117 cm³/mol. The number of likely N-dealkylation sites (tertiary alicyclic amines) is 1. The molecular weight excluding hydrogens is 378 g/mol. The molecule has 0 saturated carbocycles. The van der Waals surface area contributed by atoms with Crippen LogP contribution in [0.25, 0.3) is 11.0 Å². The highest BCUT2D eigenvalue weighted by Crippen LogP contribution is 2.26. The molecule has 30 heavy (non-hydrogen) atoms. The van der Waals surface area contributed by atoms with Gasteiger partial charge in [0.15, 0.2) is 18.1 Å². The van der Waals surface area contributed by atoms with Crippen LogP contribution in [-0.2, 0) is 11.3 Å². The Morgan fingerprint density at radius 1 is 1.10 bits per heavy atom. The van der Waals surface area contributed by atoms with Gasteiger partial charge < -0.3 is 18.9 Å². The van der Waals surface area contributed by atoms with E-state index >= 15 is 0 Å². The minimum Gasteiger partial charge on any atom is -0.493 e. The third-order valence-electron chi connectivity index (χ3n) is 6.08. The summed E-state index contributed by atoms with van der Waals surface area (Å²) in [6.07, 6.45) is 3.93. The Hall–Kier alpha value is -3.02. The van der Waals surface area contributed by atoms with E-state index < -0.39 is 0 Å². The molecule has 0 atom stereocenters. The molecule has 1 aromatic heterocycles. The smallest absolute Gasteiger partial charge is 0.260 e. The number of hydrogen-bond acceptors (Lipinski definition) is 4. The molecule has 1 aliphatic heterocycles. The summed E-state index contributed by atoms with van der Waals surface area (Å²) in [5.74, 6) is 1.81. The molecule has 6 heteroatoms. The predicted octanol–water partition coefficient (Wildman–Crippen LogP) is 3.98. The number of benzene rings is 2. The summed E-state index contributed by atoms with van der Waals surface area (Å²) < 4.78 is 13.2. The number of imidazole rings is 1. The monoisotopic (exact) mass is 407 g/mol. The van der Waals surface area contributed by atoms with Crippen LogP contribution in [0.2, 0.25) is 0 Å². The normalized spacial score (nSPS) is 14.8. The lowest BCUT2D eigenvalue weighted by Gasteiger charge is -2.32. The Bertz CT molecular complexity index is 1040. The summed E-state index contributed by atoms with van der Waals surface area (Å²) in [5, 5.41) is 0. The van der Waals surface area contributed by atoms with Crippen molar-refractivity contribution in [2.24, 2.45) is 5.92 Å². The zero-order chi connectivity index (χ0) is 21.1. The molecular formula is C24H29N3O3. The number of ether oxygens (including phenoxy) is 2. The van der Waals surface area contributed by atoms with Gasteiger partial charge in [0.05, 0.1) is 24.5 Å². The van der Waals surface area contributed by atoms with E-state index in [1.807, 2.05) is 35.5 Å². The van der Waals surface area contributed by atoms with E-state index in [9.17, 15) is 4.79 Å². The number of amides is 1. The van der Waals surface area contributed by atoms with Crippen molar-refractivity contribution in [3.63, 3.8) is 0 Å². The molecule has 4 rings (SSSR count). The fourth-order valence-corrected chi connectivity index (χ4v) is 4.07. The van der Waals surface area contributed by atoms with Crippen molar-refractivity contribution >= 4 is 16.9 Å². The Kier molecular flexibility index (Phi) is 5.93. The first-order chi connectivity index (χ1) is 14.5. The molecule has 1 fully saturated rings. The van der Waals surface area contributed by atoms with Crippen molar-refractivity contribution in [1.29, 1.82) is 0 Å². The second-order valence-corrected chi connectivity index (χ2v) is 8.09. The minimum atomic E-state index is 0.0264. The van der Waals surface area contributed by atoms with Gasteiger partial charge in [0, 0.05) is 19.6 Å². The Labute approximate surface area is 177 Å². The number of aromatic nitrogens is 2. The number of nitrogens with zero attached hydrogens (tertiary/aromatic N) is 3. The topological polar surface area (TPSA) is 56.6 Å². The molecule has 2 heterocycles. The molecule has 0 unspecified atom stereocenters. The van der Waals surface area contributed by atoms with Crippen LogP contribution in [0.1, 0.15) is 24.0 Å². The van der Waals surface area contributed by atoms with E-state index in [1.54, 1.807) is 7.11 Å². The lowest BCUT2D eigenvalue weighted by molar-refractivity contribution is -0.134. The average Bonchev–Trinajstić information content (AvgIpc) is 3.14. The number of carbonyl (C=O) groups is 1. The van der Waals surface area contributed by atoms with Crippen LogP contribution in [0, 0.1) is 19.8 Å². The van der Waals surface area contributed by atoms with Gasteiger partial charge >= 0.3 is 0 Å². The molecule has 2 aromatic carbocycles. The second-order valence-electron chi connectivity index (χ2n) is 8.09. The third kappa shape index (κ3) is 4.27. The van der Waals surface area contributed by atoms with Gasteiger partial charge in [-0.15, -0.1) is 0 Å². The van der Waals surface area contributed by atoms with Gasteiger partial charge in [0.25, 0.3) is 5.91 Å². The van der Waals surface area contributed by atoms with Crippen molar-refractivity contribution in [2.45, 2.75) is 33.2 Å². The SMILES string of the molecule is COc1ccccc1OCC(=O)N1CCC(Cn2cnc3cc(C)c(C)cc32)CC1. The van der Waals surface area contributed by atoms with Gasteiger partial charge in [-0.05, 0) is 68.0 Å². The highest BCUT2D eigenvalue weighted by molar-refractivity contribution is 5.78. The van der Waals surface area contributed by atoms with E-state index in [1.165, 1.54) is 16.6 Å². The number of aryl methyl sites for hydroxylation is 2. The summed E-state index contributed by atoms with van der Waals surface area (Å²) in [4.78, 5) is 19.1. The summed E-state index contributed by atoms with van der Waals surface area (Å²) >= 11 is 0. The quantitative estimate of drug-likeness (QED) is 0.620. The van der Waals surface area contributed by atoms with Gasteiger partial charge in [-0.3, -0.25) is 4.79 Å². The first kappa shape index (κ1) is 20.3. The third-order valence-corrected chi connectivity index (χ3v) is 6.08. The molecule has 0 spiro atoms. The maximum Gasteiger partial charge on any atom is 0.260 e. The number of para-hydroxylation sites is 2. The maximum absolute atomic E-state index is 12.6. The standard InChI is InChI=1S/C24H29N3O3/c1-17-12-20-21(13-18(17)2)27(16-25-20)14-19-8-10-26(11-9-19)24(28)15-30-23-7-5-4-6-22(23)29-3/h4-7,12-13,16,19H,8-11,14-15H2,1-3H3. The van der Waals surface area contributed by atoms with E-state index in [0.717, 1.165) is 38.0 Å². The summed E-state index contributed by atoms with van der Waals surface area (Å²) in [5.41, 5.74) is 4.82. The maximum atomic E-state index is 12.6. The lowest BCUT2D eigenvalue weighted by Crippen LogP contribution is -2.41. The van der Waals surface area contributed by atoms with E-state index in [4.69, 9.17) is 9.47 Å². The highest BCUT2D eigenvalue weighted by atomic mass is 16.5. The van der Waals surface area contributed by atoms with Crippen LogP contribution in [0.3, 0.4) is 0 Å². The molecule has 3 aromatic rings. The molecule has 1 saturated heterocycles. The molecule has 1 aliphatic rings. The first-order valence-electron chi connectivity index (χ1n) is 10.5. The Morgan fingerprint density at radius 3 is 2.53 bits per heavy atom. The van der Waals surface area contributed by atoms with Gasteiger partial charge in [0.1, 0.15) is 0 Å². The minimum absolute atomic E-state index is 0.0264. The molecule has 1 amide bonds. The largest absolute Gasteiger partial charge is 0.493 e. The molecule has 6 nitrogen and oxygen atoms in total. The molecule has 158 valence electrons. The van der Waals surface area contributed by atoms with Crippen molar-refractivity contribution in [3.05, 3.63) is 53.9 Å². The molecule has 0 radical (unpaired) electrons. The summed E-state index contributed by atoms with van der Waals surface area (Å²) in [6, 6.07) is 11.8. The fraction of sp³-hybridized carbons (Fsp3) is 0.417. The summed E-state index contributed by atoms with van der Waals surface area (Å²) in [6.45, 7) is 6.78. The van der Waals surface area contributed by atoms with E-state index in [-0.39, 0.29) is 12.5 Å². The zero-order valence-electron chi connectivity index (χ0n) is 17.9. The van der Waals surface area contributed by atoms with Crippen LogP contribution >= 0.6 is 0 Å². The molecule has 0 N–H and O–H groups in total. The van der Waals surface area contributed by atoms with Crippen LogP contribution in [0.15, 0.2) is 42.7 Å². The van der Waals surface area contributed by atoms with Crippen LogP contribution in [-0.4, -0.2) is 47.2 Å². The number of methoxy groups -OCH3 is 1. The Balaban J connectivity index is 1.31. The number of rotatable bonds is 6. The van der Waals surface area contributed by atoms with Gasteiger partial charge in [0.2, 0.25) is 0 Å². The first-order valence-corrected chi connectivity index (χ1v) is 10.5. The average molecular weight is 408 g/mol.